The molecule has 0 amide bonds. The fourth-order valence-electron chi connectivity index (χ4n) is 4.93. The molecule has 0 radical (unpaired) electrons. The van der Waals surface area contributed by atoms with Gasteiger partial charge in [0.2, 0.25) is 5.88 Å². The molecule has 2 saturated heterocycles. The van der Waals surface area contributed by atoms with Crippen LogP contribution in [0.5, 0.6) is 11.6 Å². The lowest BCUT2D eigenvalue weighted by Gasteiger charge is -2.51. The Hall–Kier alpha value is -3.02. The summed E-state index contributed by atoms with van der Waals surface area (Å²) in [5.74, 6) is 0.866. The van der Waals surface area contributed by atoms with Crippen LogP contribution in [0.2, 0.25) is 6.82 Å². The Labute approximate surface area is 197 Å². The highest BCUT2D eigenvalue weighted by Gasteiger charge is 2.51. The quantitative estimate of drug-likeness (QED) is 0.399. The van der Waals surface area contributed by atoms with E-state index in [4.69, 9.17) is 14.2 Å². The molecule has 4 heterocycles. The number of ether oxygens (including phenoxy) is 3. The van der Waals surface area contributed by atoms with E-state index in [1.807, 2.05) is 33.8 Å². The van der Waals surface area contributed by atoms with E-state index < -0.39 is 19.3 Å². The standard InChI is InChI=1S/C23H27BFN5O4/c1-24(31)30-12-15-3-7-19(30)22(25)23(15)34-21-8-6-18(27-28-21)17-5-4-16(29-10-9-26-13-29)11-20(17)33-14-32-2/h4-6,8-11,13,15,19,22-23,31H,3,7,12,14H2,1-2H3/t15?,19?,22-,23+/m0/s1. The van der Waals surface area contributed by atoms with Gasteiger partial charge >= 0.3 is 7.05 Å². The van der Waals surface area contributed by atoms with Crippen molar-refractivity contribution in [2.75, 3.05) is 20.4 Å². The summed E-state index contributed by atoms with van der Waals surface area (Å²) in [6, 6.07) is 8.86. The van der Waals surface area contributed by atoms with E-state index in [0.717, 1.165) is 24.1 Å². The minimum absolute atomic E-state index is 0.000781. The summed E-state index contributed by atoms with van der Waals surface area (Å²) >= 11 is 0. The van der Waals surface area contributed by atoms with Crippen LogP contribution in [0, 0.1) is 5.92 Å². The Morgan fingerprint density at radius 2 is 2.09 bits per heavy atom. The first-order valence-electron chi connectivity index (χ1n) is 11.4. The third-order valence-electron chi connectivity index (χ3n) is 6.60. The van der Waals surface area contributed by atoms with Crippen molar-refractivity contribution in [2.45, 2.75) is 38.0 Å². The van der Waals surface area contributed by atoms with Gasteiger partial charge in [-0.3, -0.25) is 0 Å². The molecule has 2 aliphatic heterocycles. The van der Waals surface area contributed by atoms with Gasteiger partial charge in [0.15, 0.2) is 13.0 Å². The number of fused-ring (bicyclic) bond motifs is 3. The number of imidazole rings is 1. The van der Waals surface area contributed by atoms with Crippen molar-refractivity contribution >= 4 is 7.05 Å². The molecular weight excluding hydrogens is 440 g/mol. The van der Waals surface area contributed by atoms with Crippen LogP contribution in [-0.2, 0) is 4.74 Å². The predicted molar refractivity (Wildman–Crippen MR) is 123 cm³/mol. The average molecular weight is 467 g/mol. The van der Waals surface area contributed by atoms with E-state index in [1.54, 1.807) is 38.6 Å². The summed E-state index contributed by atoms with van der Waals surface area (Å²) in [5.41, 5.74) is 2.22. The SMILES string of the molecule is COCOc1cc(-n2ccnc2)ccc1-c1ccc(O[C@@H]2C3CCC([C@@H]2F)N(B(C)O)C3)nn1. The number of piperidine rings is 2. The van der Waals surface area contributed by atoms with Gasteiger partial charge in [-0.1, -0.05) is 0 Å². The molecule has 3 aromatic rings. The van der Waals surface area contributed by atoms with E-state index in [2.05, 4.69) is 15.2 Å². The molecule has 4 atom stereocenters. The highest BCUT2D eigenvalue weighted by molar-refractivity contribution is 6.45. The zero-order valence-corrected chi connectivity index (χ0v) is 19.1. The van der Waals surface area contributed by atoms with Crippen LogP contribution in [0.3, 0.4) is 0 Å². The lowest BCUT2D eigenvalue weighted by atomic mass is 9.69. The molecular formula is C23H27BFN5O4. The number of methoxy groups -OCH3 is 1. The molecule has 2 unspecified atom stereocenters. The normalized spacial score (nSPS) is 24.2. The topological polar surface area (TPSA) is 94.8 Å². The van der Waals surface area contributed by atoms with Crippen LogP contribution >= 0.6 is 0 Å². The van der Waals surface area contributed by atoms with Crippen molar-refractivity contribution in [1.82, 2.24) is 24.6 Å². The molecule has 1 aromatic carbocycles. The first-order valence-corrected chi connectivity index (χ1v) is 11.4. The molecule has 3 aliphatic rings. The van der Waals surface area contributed by atoms with Gasteiger partial charge < -0.3 is 28.6 Å². The van der Waals surface area contributed by atoms with Crippen molar-refractivity contribution in [3.05, 3.63) is 49.1 Å². The molecule has 34 heavy (non-hydrogen) atoms. The zero-order chi connectivity index (χ0) is 23.7. The fourth-order valence-corrected chi connectivity index (χ4v) is 4.93. The Kier molecular flexibility index (Phi) is 6.49. The predicted octanol–water partition coefficient (Wildman–Crippen LogP) is 2.60. The maximum absolute atomic E-state index is 15.1. The summed E-state index contributed by atoms with van der Waals surface area (Å²) in [7, 11) is 0.891. The summed E-state index contributed by atoms with van der Waals surface area (Å²) in [6.45, 7) is 2.38. The third kappa shape index (κ3) is 4.38. The van der Waals surface area contributed by atoms with Crippen molar-refractivity contribution in [3.8, 4) is 28.6 Å². The van der Waals surface area contributed by atoms with Gasteiger partial charge in [0, 0.05) is 49.2 Å². The number of hydrogen-bond acceptors (Lipinski definition) is 8. The minimum Gasteiger partial charge on any atom is -0.470 e. The van der Waals surface area contributed by atoms with E-state index in [9.17, 15) is 5.02 Å². The number of halogens is 1. The summed E-state index contributed by atoms with van der Waals surface area (Å²) < 4.78 is 33.8. The molecule has 11 heteroatoms. The number of hydrogen-bond donors (Lipinski definition) is 1. The number of rotatable bonds is 8. The molecule has 1 saturated carbocycles. The largest absolute Gasteiger partial charge is 0.470 e. The highest BCUT2D eigenvalue weighted by Crippen LogP contribution is 2.39. The zero-order valence-electron chi connectivity index (χ0n) is 19.1. The van der Waals surface area contributed by atoms with E-state index in [-0.39, 0.29) is 24.6 Å². The van der Waals surface area contributed by atoms with Gasteiger partial charge in [0.25, 0.3) is 0 Å². The summed E-state index contributed by atoms with van der Waals surface area (Å²) in [6.07, 6.45) is 5.07. The van der Waals surface area contributed by atoms with E-state index >= 15 is 4.39 Å². The molecule has 2 bridgehead atoms. The Morgan fingerprint density at radius 1 is 1.21 bits per heavy atom. The van der Waals surface area contributed by atoms with Gasteiger partial charge in [-0.05, 0) is 44.4 Å². The number of alkyl halides is 1. The number of benzene rings is 1. The molecule has 1 N–H and O–H groups in total. The fraction of sp³-hybridized carbons (Fsp3) is 0.435. The van der Waals surface area contributed by atoms with Crippen molar-refractivity contribution < 1.29 is 23.6 Å². The second-order valence-electron chi connectivity index (χ2n) is 8.72. The summed E-state index contributed by atoms with van der Waals surface area (Å²) in [5, 5.41) is 18.5. The van der Waals surface area contributed by atoms with Crippen LogP contribution in [-0.4, -0.2) is 75.4 Å². The number of nitrogens with zero attached hydrogens (tertiary/aromatic N) is 5. The summed E-state index contributed by atoms with van der Waals surface area (Å²) in [4.78, 5) is 5.90. The highest BCUT2D eigenvalue weighted by atomic mass is 19.1. The molecule has 6 rings (SSSR count). The van der Waals surface area contributed by atoms with Crippen molar-refractivity contribution in [2.24, 2.45) is 5.92 Å². The van der Waals surface area contributed by atoms with E-state index in [1.165, 1.54) is 0 Å². The van der Waals surface area contributed by atoms with Crippen LogP contribution in [0.15, 0.2) is 49.1 Å². The molecule has 9 nitrogen and oxygen atoms in total. The van der Waals surface area contributed by atoms with Gasteiger partial charge in [-0.2, -0.15) is 0 Å². The Morgan fingerprint density at radius 3 is 2.76 bits per heavy atom. The van der Waals surface area contributed by atoms with Crippen LogP contribution in [0.1, 0.15) is 12.8 Å². The smallest absolute Gasteiger partial charge is 0.376 e. The Balaban J connectivity index is 1.34. The van der Waals surface area contributed by atoms with Crippen molar-refractivity contribution in [3.63, 3.8) is 0 Å². The van der Waals surface area contributed by atoms with Gasteiger partial charge in [-0.25, -0.2) is 9.37 Å². The maximum atomic E-state index is 15.1. The molecule has 2 aromatic heterocycles. The third-order valence-corrected chi connectivity index (χ3v) is 6.60. The molecule has 3 fully saturated rings. The second kappa shape index (κ2) is 9.69. The second-order valence-corrected chi connectivity index (χ2v) is 8.72. The van der Waals surface area contributed by atoms with Crippen LogP contribution in [0.25, 0.3) is 16.9 Å². The molecule has 0 spiro atoms. The molecule has 1 aliphatic carbocycles. The lowest BCUT2D eigenvalue weighted by Crippen LogP contribution is -2.65. The monoisotopic (exact) mass is 467 g/mol. The average Bonchev–Trinajstić information content (AvgIpc) is 3.40. The van der Waals surface area contributed by atoms with Gasteiger partial charge in [0.05, 0.1) is 17.7 Å². The maximum Gasteiger partial charge on any atom is 0.376 e. The first kappa shape index (κ1) is 22.8. The van der Waals surface area contributed by atoms with Gasteiger partial charge in [0.1, 0.15) is 11.9 Å². The number of aromatic nitrogens is 4. The van der Waals surface area contributed by atoms with Crippen LogP contribution < -0.4 is 9.47 Å². The molecule has 178 valence electrons. The lowest BCUT2D eigenvalue weighted by molar-refractivity contribution is -0.0749. The first-order chi connectivity index (χ1) is 16.5. The minimum atomic E-state index is -1.19. The van der Waals surface area contributed by atoms with Gasteiger partial charge in [-0.15, -0.1) is 10.2 Å². The Bertz CT molecular complexity index is 1100. The van der Waals surface area contributed by atoms with Crippen LogP contribution in [0.4, 0.5) is 4.39 Å². The van der Waals surface area contributed by atoms with Crippen molar-refractivity contribution in [1.29, 1.82) is 0 Å². The van der Waals surface area contributed by atoms with E-state index in [0.29, 0.717) is 18.0 Å².